The molecule has 0 aromatic heterocycles. The molecule has 1 heterocycles. The number of nitrogens with two attached hydrogens (primary N) is 1. The fourth-order valence-corrected chi connectivity index (χ4v) is 0.533. The highest BCUT2D eigenvalue weighted by Crippen LogP contribution is 2.10. The van der Waals surface area contributed by atoms with E-state index in [1.807, 2.05) is 11.9 Å². The highest BCUT2D eigenvalue weighted by molar-refractivity contribution is 5.82. The Labute approximate surface area is 42.1 Å². The summed E-state index contributed by atoms with van der Waals surface area (Å²) in [5.74, 6) is -0.206. The van der Waals surface area contributed by atoms with Gasteiger partial charge in [-0.15, -0.1) is 0 Å². The SMILES string of the molecule is CN1CC1C(N)=O. The maximum absolute atomic E-state index is 10.2. The minimum Gasteiger partial charge on any atom is -0.368 e. The first-order chi connectivity index (χ1) is 3.22. The number of likely N-dealkylation sites (N-methyl/N-ethyl adjacent to an activating group) is 1. The molecule has 0 aliphatic carbocycles. The topological polar surface area (TPSA) is 46.1 Å². The zero-order valence-corrected chi connectivity index (χ0v) is 4.22. The fraction of sp³-hybridized carbons (Fsp3) is 0.750. The van der Waals surface area contributed by atoms with E-state index in [9.17, 15) is 4.79 Å². The highest BCUT2D eigenvalue weighted by atomic mass is 16.1. The number of hydrogen-bond acceptors (Lipinski definition) is 2. The van der Waals surface area contributed by atoms with Gasteiger partial charge in [0.05, 0.1) is 0 Å². The average Bonchev–Trinajstić information content (AvgIpc) is 2.17. The quantitative estimate of drug-likeness (QED) is 0.420. The van der Waals surface area contributed by atoms with Crippen molar-refractivity contribution in [3.63, 3.8) is 0 Å². The summed E-state index contributed by atoms with van der Waals surface area (Å²) < 4.78 is 0. The van der Waals surface area contributed by atoms with Crippen molar-refractivity contribution in [2.45, 2.75) is 6.04 Å². The van der Waals surface area contributed by atoms with Gasteiger partial charge in [-0.3, -0.25) is 9.69 Å². The monoisotopic (exact) mass is 100 g/mol. The minimum absolute atomic E-state index is 0.0417. The van der Waals surface area contributed by atoms with Crippen LogP contribution >= 0.6 is 0 Å². The Morgan fingerprint density at radius 3 is 2.43 bits per heavy atom. The molecule has 0 aromatic carbocycles. The maximum atomic E-state index is 10.2. The van der Waals surface area contributed by atoms with Gasteiger partial charge >= 0.3 is 0 Å². The van der Waals surface area contributed by atoms with Gasteiger partial charge in [0.2, 0.25) is 5.91 Å². The molecule has 1 rings (SSSR count). The number of amides is 1. The molecule has 1 amide bonds. The lowest BCUT2D eigenvalue weighted by molar-refractivity contribution is -0.118. The van der Waals surface area contributed by atoms with Crippen molar-refractivity contribution in [1.29, 1.82) is 0 Å². The van der Waals surface area contributed by atoms with Crippen molar-refractivity contribution >= 4 is 5.91 Å². The van der Waals surface area contributed by atoms with Gasteiger partial charge in [0.1, 0.15) is 6.04 Å². The standard InChI is InChI=1S/C4H8N2O/c1-6-2-3(6)4(5)7/h3H,2H2,1H3,(H2,5,7). The van der Waals surface area contributed by atoms with Crippen LogP contribution in [0.2, 0.25) is 0 Å². The molecule has 3 heteroatoms. The van der Waals surface area contributed by atoms with E-state index in [0.717, 1.165) is 6.54 Å². The third kappa shape index (κ3) is 0.718. The van der Waals surface area contributed by atoms with Crippen LogP contribution in [-0.4, -0.2) is 30.4 Å². The summed E-state index contributed by atoms with van der Waals surface area (Å²) >= 11 is 0. The van der Waals surface area contributed by atoms with E-state index >= 15 is 0 Å². The second-order valence-corrected chi connectivity index (χ2v) is 1.86. The van der Waals surface area contributed by atoms with E-state index in [0.29, 0.717) is 0 Å². The Hall–Kier alpha value is -0.570. The molecule has 0 radical (unpaired) electrons. The first-order valence-electron chi connectivity index (χ1n) is 2.21. The van der Waals surface area contributed by atoms with Gasteiger partial charge in [0.25, 0.3) is 0 Å². The molecule has 2 atom stereocenters. The summed E-state index contributed by atoms with van der Waals surface area (Å²) in [6.07, 6.45) is 0. The van der Waals surface area contributed by atoms with Crippen LogP contribution in [0, 0.1) is 0 Å². The number of primary amides is 1. The van der Waals surface area contributed by atoms with E-state index in [1.54, 1.807) is 0 Å². The van der Waals surface area contributed by atoms with E-state index < -0.39 is 0 Å². The van der Waals surface area contributed by atoms with Gasteiger partial charge in [0, 0.05) is 6.54 Å². The lowest BCUT2D eigenvalue weighted by Gasteiger charge is -1.84. The Kier molecular flexibility index (Phi) is 0.785. The first-order valence-corrected chi connectivity index (χ1v) is 2.21. The van der Waals surface area contributed by atoms with Crippen LogP contribution in [0.3, 0.4) is 0 Å². The number of hydrogen-bond donors (Lipinski definition) is 1. The molecule has 1 saturated heterocycles. The van der Waals surface area contributed by atoms with E-state index in [-0.39, 0.29) is 11.9 Å². The molecular formula is C4H8N2O. The number of carbonyl (C=O) groups is 1. The second kappa shape index (κ2) is 1.20. The number of nitrogens with zero attached hydrogens (tertiary/aromatic N) is 1. The Morgan fingerprint density at radius 2 is 2.43 bits per heavy atom. The van der Waals surface area contributed by atoms with Gasteiger partial charge in [-0.05, 0) is 7.05 Å². The van der Waals surface area contributed by atoms with Gasteiger partial charge in [-0.2, -0.15) is 0 Å². The maximum Gasteiger partial charge on any atom is 0.236 e. The summed E-state index contributed by atoms with van der Waals surface area (Å²) in [6.45, 7) is 0.843. The average molecular weight is 100 g/mol. The molecule has 0 aromatic rings. The lowest BCUT2D eigenvalue weighted by Crippen LogP contribution is -2.20. The zero-order valence-electron chi connectivity index (χ0n) is 4.22. The van der Waals surface area contributed by atoms with Crippen LogP contribution < -0.4 is 5.73 Å². The van der Waals surface area contributed by atoms with E-state index in [4.69, 9.17) is 5.73 Å². The third-order valence-corrected chi connectivity index (χ3v) is 1.19. The third-order valence-electron chi connectivity index (χ3n) is 1.19. The number of carbonyl (C=O) groups excluding carboxylic acids is 1. The minimum atomic E-state index is -0.206. The van der Waals surface area contributed by atoms with E-state index in [2.05, 4.69) is 0 Å². The van der Waals surface area contributed by atoms with Crippen LogP contribution in [0.1, 0.15) is 0 Å². The molecule has 0 saturated carbocycles. The van der Waals surface area contributed by atoms with Crippen molar-refractivity contribution in [3.8, 4) is 0 Å². The zero-order chi connectivity index (χ0) is 5.44. The molecule has 0 bridgehead atoms. The second-order valence-electron chi connectivity index (χ2n) is 1.86. The lowest BCUT2D eigenvalue weighted by atomic mass is 10.5. The fourth-order valence-electron chi connectivity index (χ4n) is 0.533. The largest absolute Gasteiger partial charge is 0.368 e. The van der Waals surface area contributed by atoms with Gasteiger partial charge in [-0.25, -0.2) is 0 Å². The van der Waals surface area contributed by atoms with Crippen molar-refractivity contribution < 1.29 is 4.79 Å². The Balaban J connectivity index is 2.33. The molecule has 3 nitrogen and oxygen atoms in total. The van der Waals surface area contributed by atoms with Crippen LogP contribution in [0.5, 0.6) is 0 Å². The van der Waals surface area contributed by atoms with E-state index in [1.165, 1.54) is 0 Å². The van der Waals surface area contributed by atoms with Crippen LogP contribution in [0.15, 0.2) is 0 Å². The molecule has 1 fully saturated rings. The molecule has 40 valence electrons. The highest BCUT2D eigenvalue weighted by Gasteiger charge is 2.34. The summed E-state index contributed by atoms with van der Waals surface area (Å²) in [5.41, 5.74) is 4.91. The molecular weight excluding hydrogens is 92.1 g/mol. The smallest absolute Gasteiger partial charge is 0.236 e. The van der Waals surface area contributed by atoms with Crippen LogP contribution in [-0.2, 0) is 4.79 Å². The van der Waals surface area contributed by atoms with Crippen molar-refractivity contribution in [2.24, 2.45) is 5.73 Å². The van der Waals surface area contributed by atoms with Crippen molar-refractivity contribution in [3.05, 3.63) is 0 Å². The van der Waals surface area contributed by atoms with Crippen LogP contribution in [0.25, 0.3) is 0 Å². The number of rotatable bonds is 1. The van der Waals surface area contributed by atoms with Crippen molar-refractivity contribution in [1.82, 2.24) is 4.90 Å². The Morgan fingerprint density at radius 1 is 2.00 bits per heavy atom. The van der Waals surface area contributed by atoms with Crippen molar-refractivity contribution in [2.75, 3.05) is 13.6 Å². The summed E-state index contributed by atoms with van der Waals surface area (Å²) in [7, 11) is 1.87. The molecule has 1 aliphatic heterocycles. The predicted octanol–water partition coefficient (Wildman–Crippen LogP) is -1.21. The normalized spacial score (nSPS) is 37.9. The first kappa shape index (κ1) is 4.59. The Bertz CT molecular complexity index is 102. The molecule has 7 heavy (non-hydrogen) atoms. The molecule has 1 aliphatic rings. The molecule has 2 N–H and O–H groups in total. The predicted molar refractivity (Wildman–Crippen MR) is 25.6 cm³/mol. The van der Waals surface area contributed by atoms with Gasteiger partial charge in [-0.1, -0.05) is 0 Å². The van der Waals surface area contributed by atoms with Gasteiger partial charge in [0.15, 0.2) is 0 Å². The molecule has 2 unspecified atom stereocenters. The van der Waals surface area contributed by atoms with Crippen LogP contribution in [0.4, 0.5) is 0 Å². The van der Waals surface area contributed by atoms with Gasteiger partial charge < -0.3 is 5.73 Å². The molecule has 0 spiro atoms. The summed E-state index contributed by atoms with van der Waals surface area (Å²) in [5, 5.41) is 0. The summed E-state index contributed by atoms with van der Waals surface area (Å²) in [6, 6.07) is 0.0417. The summed E-state index contributed by atoms with van der Waals surface area (Å²) in [4.78, 5) is 12.0.